The Morgan fingerprint density at radius 1 is 1.31 bits per heavy atom. The van der Waals surface area contributed by atoms with E-state index in [1.165, 1.54) is 6.07 Å². The Morgan fingerprint density at radius 3 is 2.62 bits per heavy atom. The van der Waals surface area contributed by atoms with E-state index in [-0.39, 0.29) is 5.82 Å². The lowest BCUT2D eigenvalue weighted by atomic mass is 10.1. The molecule has 0 aromatic heterocycles. The second-order valence-corrected chi connectivity index (χ2v) is 4.03. The van der Waals surface area contributed by atoms with Crippen molar-refractivity contribution in [2.45, 2.75) is 33.2 Å². The van der Waals surface area contributed by atoms with E-state index in [0.717, 1.165) is 25.9 Å². The van der Waals surface area contributed by atoms with Gasteiger partial charge < -0.3 is 5.73 Å². The van der Waals surface area contributed by atoms with Crippen LogP contribution in [0.3, 0.4) is 0 Å². The van der Waals surface area contributed by atoms with Crippen LogP contribution in [0.25, 0.3) is 0 Å². The van der Waals surface area contributed by atoms with Crippen LogP contribution in [0.2, 0.25) is 0 Å². The number of hydrogen-bond donors (Lipinski definition) is 1. The third-order valence-corrected chi connectivity index (χ3v) is 2.81. The molecule has 1 rings (SSSR count). The summed E-state index contributed by atoms with van der Waals surface area (Å²) in [7, 11) is 0. The summed E-state index contributed by atoms with van der Waals surface area (Å²) >= 11 is 0. The van der Waals surface area contributed by atoms with Crippen LogP contribution in [-0.4, -0.2) is 18.0 Å². The molecule has 0 unspecified atom stereocenters. The van der Waals surface area contributed by atoms with Gasteiger partial charge in [-0.1, -0.05) is 26.3 Å². The van der Waals surface area contributed by atoms with E-state index in [0.29, 0.717) is 17.8 Å². The monoisotopic (exact) mass is 224 g/mol. The zero-order valence-electron chi connectivity index (χ0n) is 10.2. The van der Waals surface area contributed by atoms with Crippen molar-refractivity contribution in [3.8, 4) is 0 Å². The van der Waals surface area contributed by atoms with Crippen molar-refractivity contribution in [3.05, 3.63) is 29.6 Å². The van der Waals surface area contributed by atoms with Crippen LogP contribution >= 0.6 is 0 Å². The van der Waals surface area contributed by atoms with E-state index in [9.17, 15) is 4.39 Å². The third kappa shape index (κ3) is 3.49. The Kier molecular flexibility index (Phi) is 5.26. The Hall–Kier alpha value is -1.09. The quantitative estimate of drug-likeness (QED) is 0.753. The average molecular weight is 224 g/mol. The zero-order valence-corrected chi connectivity index (χ0v) is 10.2. The summed E-state index contributed by atoms with van der Waals surface area (Å²) in [5.41, 5.74) is 6.96. The normalized spacial score (nSPS) is 11.0. The lowest BCUT2D eigenvalue weighted by Gasteiger charge is -2.21. The van der Waals surface area contributed by atoms with Gasteiger partial charge >= 0.3 is 0 Å². The highest BCUT2D eigenvalue weighted by Crippen LogP contribution is 2.17. The molecule has 16 heavy (non-hydrogen) atoms. The van der Waals surface area contributed by atoms with Gasteiger partial charge in [0.05, 0.1) is 0 Å². The highest BCUT2D eigenvalue weighted by molar-refractivity contribution is 5.47. The molecule has 0 bridgehead atoms. The Bertz CT molecular complexity index is 305. The van der Waals surface area contributed by atoms with E-state index >= 15 is 0 Å². The average Bonchev–Trinajstić information content (AvgIpc) is 2.28. The molecule has 0 saturated heterocycles. The second kappa shape index (κ2) is 6.48. The molecule has 0 amide bonds. The van der Waals surface area contributed by atoms with Crippen molar-refractivity contribution in [3.63, 3.8) is 0 Å². The number of benzene rings is 1. The molecule has 90 valence electrons. The van der Waals surface area contributed by atoms with Crippen molar-refractivity contribution >= 4 is 5.69 Å². The van der Waals surface area contributed by atoms with Crippen LogP contribution in [0.15, 0.2) is 18.2 Å². The molecule has 0 aliphatic heterocycles. The summed E-state index contributed by atoms with van der Waals surface area (Å²) in [6.07, 6.45) is 2.30. The third-order valence-electron chi connectivity index (χ3n) is 2.81. The molecule has 0 saturated carbocycles. The smallest absolute Gasteiger partial charge is 0.129 e. The van der Waals surface area contributed by atoms with Gasteiger partial charge in [-0.15, -0.1) is 0 Å². The number of nitrogens with two attached hydrogens (primary N) is 1. The first kappa shape index (κ1) is 13.0. The molecule has 3 heteroatoms. The predicted octanol–water partition coefficient (Wildman–Crippen LogP) is 3.03. The number of halogens is 1. The van der Waals surface area contributed by atoms with E-state index in [1.54, 1.807) is 12.1 Å². The van der Waals surface area contributed by atoms with E-state index in [1.807, 2.05) is 0 Å². The number of hydrogen-bond acceptors (Lipinski definition) is 2. The van der Waals surface area contributed by atoms with Crippen LogP contribution in [-0.2, 0) is 6.54 Å². The van der Waals surface area contributed by atoms with Gasteiger partial charge in [-0.3, -0.25) is 4.90 Å². The van der Waals surface area contributed by atoms with Gasteiger partial charge in [-0.2, -0.15) is 0 Å². The van der Waals surface area contributed by atoms with Crippen molar-refractivity contribution in [2.75, 3.05) is 18.8 Å². The molecule has 0 radical (unpaired) electrons. The first-order valence-corrected chi connectivity index (χ1v) is 5.94. The maximum absolute atomic E-state index is 13.6. The summed E-state index contributed by atoms with van der Waals surface area (Å²) in [5, 5.41) is 0. The largest absolute Gasteiger partial charge is 0.398 e. The molecule has 2 N–H and O–H groups in total. The Labute approximate surface area is 97.3 Å². The number of anilines is 1. The van der Waals surface area contributed by atoms with Gasteiger partial charge in [0.15, 0.2) is 0 Å². The topological polar surface area (TPSA) is 29.3 Å². The molecule has 2 nitrogen and oxygen atoms in total. The fourth-order valence-electron chi connectivity index (χ4n) is 1.70. The highest BCUT2D eigenvalue weighted by Gasteiger charge is 2.10. The molecule has 0 fully saturated rings. The van der Waals surface area contributed by atoms with Gasteiger partial charge in [-0.25, -0.2) is 4.39 Å². The molecule has 0 aliphatic rings. The maximum Gasteiger partial charge on any atom is 0.129 e. The molecule has 0 spiro atoms. The SMILES string of the molecule is CCCCN(CC)Cc1c(N)cccc1F. The molecule has 0 heterocycles. The molecule has 0 aliphatic carbocycles. The lowest BCUT2D eigenvalue weighted by Crippen LogP contribution is -2.25. The number of nitrogens with zero attached hydrogens (tertiary/aromatic N) is 1. The van der Waals surface area contributed by atoms with E-state index < -0.39 is 0 Å². The minimum Gasteiger partial charge on any atom is -0.398 e. The van der Waals surface area contributed by atoms with E-state index in [4.69, 9.17) is 5.73 Å². The number of unbranched alkanes of at least 4 members (excludes halogenated alkanes) is 1. The molecular formula is C13H21FN2. The van der Waals surface area contributed by atoms with Crippen LogP contribution in [0.1, 0.15) is 32.3 Å². The Balaban J connectivity index is 2.69. The minimum atomic E-state index is -0.199. The number of nitrogen functional groups attached to an aromatic ring is 1. The van der Waals surface area contributed by atoms with Crippen molar-refractivity contribution in [1.29, 1.82) is 0 Å². The standard InChI is InChI=1S/C13H21FN2/c1-3-5-9-16(4-2)10-11-12(14)7-6-8-13(11)15/h6-8H,3-5,9-10,15H2,1-2H3. The summed E-state index contributed by atoms with van der Waals surface area (Å²) in [4.78, 5) is 2.22. The first-order valence-electron chi connectivity index (χ1n) is 5.94. The Morgan fingerprint density at radius 2 is 2.06 bits per heavy atom. The van der Waals surface area contributed by atoms with Gasteiger partial charge in [0.25, 0.3) is 0 Å². The summed E-state index contributed by atoms with van der Waals surface area (Å²) in [6, 6.07) is 4.88. The van der Waals surface area contributed by atoms with Gasteiger partial charge in [0, 0.05) is 17.8 Å². The van der Waals surface area contributed by atoms with Gasteiger partial charge in [0.2, 0.25) is 0 Å². The summed E-state index contributed by atoms with van der Waals surface area (Å²) in [5.74, 6) is -0.199. The molecular weight excluding hydrogens is 203 g/mol. The van der Waals surface area contributed by atoms with Crippen LogP contribution in [0.4, 0.5) is 10.1 Å². The van der Waals surface area contributed by atoms with Crippen LogP contribution < -0.4 is 5.73 Å². The predicted molar refractivity (Wildman–Crippen MR) is 66.7 cm³/mol. The molecule has 1 aromatic carbocycles. The van der Waals surface area contributed by atoms with Crippen molar-refractivity contribution in [1.82, 2.24) is 4.90 Å². The van der Waals surface area contributed by atoms with Crippen molar-refractivity contribution < 1.29 is 4.39 Å². The molecule has 1 aromatic rings. The van der Waals surface area contributed by atoms with Crippen molar-refractivity contribution in [2.24, 2.45) is 0 Å². The fraction of sp³-hybridized carbons (Fsp3) is 0.538. The van der Waals surface area contributed by atoms with Crippen LogP contribution in [0, 0.1) is 5.82 Å². The summed E-state index contributed by atoms with van der Waals surface area (Å²) in [6.45, 7) is 6.78. The summed E-state index contributed by atoms with van der Waals surface area (Å²) < 4.78 is 13.6. The highest BCUT2D eigenvalue weighted by atomic mass is 19.1. The molecule has 0 atom stereocenters. The van der Waals surface area contributed by atoms with Gasteiger partial charge in [0.1, 0.15) is 5.82 Å². The fourth-order valence-corrected chi connectivity index (χ4v) is 1.70. The van der Waals surface area contributed by atoms with Gasteiger partial charge in [-0.05, 0) is 31.6 Å². The second-order valence-electron chi connectivity index (χ2n) is 4.03. The minimum absolute atomic E-state index is 0.199. The lowest BCUT2D eigenvalue weighted by molar-refractivity contribution is 0.272. The number of rotatable bonds is 6. The maximum atomic E-state index is 13.6. The first-order chi connectivity index (χ1) is 7.69. The zero-order chi connectivity index (χ0) is 12.0. The van der Waals surface area contributed by atoms with E-state index in [2.05, 4.69) is 18.7 Å². The van der Waals surface area contributed by atoms with Crippen LogP contribution in [0.5, 0.6) is 0 Å².